The van der Waals surface area contributed by atoms with E-state index in [1.54, 1.807) is 24.3 Å². The van der Waals surface area contributed by atoms with Crippen molar-refractivity contribution in [3.8, 4) is 5.75 Å². The van der Waals surface area contributed by atoms with Crippen LogP contribution in [-0.2, 0) is 0 Å². The van der Waals surface area contributed by atoms with Crippen molar-refractivity contribution in [2.45, 2.75) is 6.92 Å². The third kappa shape index (κ3) is 3.26. The molecule has 0 saturated heterocycles. The molecule has 14 heavy (non-hydrogen) atoms. The highest BCUT2D eigenvalue weighted by molar-refractivity contribution is 5.47. The summed E-state index contributed by atoms with van der Waals surface area (Å²) >= 11 is 0. The van der Waals surface area contributed by atoms with Crippen LogP contribution in [0.5, 0.6) is 5.75 Å². The molecule has 74 valence electrons. The Kier molecular flexibility index (Phi) is 3.67. The van der Waals surface area contributed by atoms with Crippen molar-refractivity contribution in [1.29, 1.82) is 0 Å². The lowest BCUT2D eigenvalue weighted by atomic mass is 10.2. The first-order valence-electron chi connectivity index (χ1n) is 4.19. The smallest absolute Gasteiger partial charge is 0.121 e. The maximum atomic E-state index is 9.98. The third-order valence-electron chi connectivity index (χ3n) is 1.53. The van der Waals surface area contributed by atoms with Gasteiger partial charge in [-0.15, -0.1) is 12.1 Å². The predicted octanol–water partition coefficient (Wildman–Crippen LogP) is 2.14. The van der Waals surface area contributed by atoms with E-state index >= 15 is 0 Å². The van der Waals surface area contributed by atoms with Crippen molar-refractivity contribution in [2.75, 3.05) is 6.61 Å². The van der Waals surface area contributed by atoms with E-state index in [2.05, 4.69) is 0 Å². The van der Waals surface area contributed by atoms with Gasteiger partial charge < -0.3 is 4.74 Å². The summed E-state index contributed by atoms with van der Waals surface area (Å²) in [6, 6.07) is 7.00. The van der Waals surface area contributed by atoms with Gasteiger partial charge in [0.2, 0.25) is 0 Å². The van der Waals surface area contributed by atoms with Crippen LogP contribution in [0.4, 0.5) is 0 Å². The number of hydrogen-bond acceptors (Lipinski definition) is 3. The number of rotatable bonds is 4. The first kappa shape index (κ1) is 10.2. The van der Waals surface area contributed by atoms with Crippen LogP contribution in [0.2, 0.25) is 0 Å². The molecule has 0 bridgehead atoms. The summed E-state index contributed by atoms with van der Waals surface area (Å²) in [5.41, 5.74) is 0.727. The highest BCUT2D eigenvalue weighted by Crippen LogP contribution is 2.12. The molecule has 0 radical (unpaired) electrons. The highest BCUT2D eigenvalue weighted by Gasteiger charge is 1.86. The Labute approximate surface area is 82.0 Å². The lowest BCUT2D eigenvalue weighted by molar-refractivity contribution is -0.417. The fourth-order valence-electron chi connectivity index (χ4n) is 0.954. The van der Waals surface area contributed by atoms with E-state index in [4.69, 9.17) is 4.74 Å². The number of hydrogen-bond donors (Lipinski definition) is 0. The molecule has 0 aliphatic carbocycles. The number of nitrogens with zero attached hydrogens (tertiary/aromatic N) is 1. The number of nitro groups is 1. The van der Waals surface area contributed by atoms with E-state index in [-0.39, 0.29) is 0 Å². The van der Waals surface area contributed by atoms with Gasteiger partial charge >= 0.3 is 0 Å². The Balaban J connectivity index is 2.68. The first-order valence-corrected chi connectivity index (χ1v) is 4.19. The molecule has 0 atom stereocenters. The number of ether oxygens (including phenoxy) is 1. The molecule has 0 aliphatic rings. The van der Waals surface area contributed by atoms with Crippen molar-refractivity contribution in [3.63, 3.8) is 0 Å². The second kappa shape index (κ2) is 5.01. The van der Waals surface area contributed by atoms with Crippen LogP contribution in [0, 0.1) is 16.3 Å². The molecule has 0 unspecified atom stereocenters. The van der Waals surface area contributed by atoms with E-state index < -0.39 is 4.92 Å². The molecule has 0 amide bonds. The average Bonchev–Trinajstić information content (AvgIpc) is 2.17. The van der Waals surface area contributed by atoms with Gasteiger partial charge in [0.1, 0.15) is 11.9 Å². The van der Waals surface area contributed by atoms with E-state index in [1.807, 2.05) is 13.1 Å². The summed E-state index contributed by atoms with van der Waals surface area (Å²) in [5.74, 6) is 0.755. The van der Waals surface area contributed by atoms with E-state index in [0.29, 0.717) is 6.61 Å². The zero-order valence-electron chi connectivity index (χ0n) is 7.77. The van der Waals surface area contributed by atoms with Gasteiger partial charge in [-0.05, 0) is 24.0 Å². The van der Waals surface area contributed by atoms with Gasteiger partial charge in [0.05, 0.1) is 6.61 Å². The van der Waals surface area contributed by atoms with Gasteiger partial charge in [0.25, 0.3) is 0 Å². The van der Waals surface area contributed by atoms with Crippen LogP contribution in [0.3, 0.4) is 0 Å². The van der Waals surface area contributed by atoms with Gasteiger partial charge in [-0.2, -0.15) is 11.6 Å². The van der Waals surface area contributed by atoms with Gasteiger partial charge in [-0.1, -0.05) is 0 Å². The van der Waals surface area contributed by atoms with Crippen molar-refractivity contribution < 1.29 is 9.66 Å². The van der Waals surface area contributed by atoms with Crippen LogP contribution < -0.4 is 4.74 Å². The standard InChI is InChI=1S/C10H10NO3/c1-2-14-10-5-3-9(4-6-10)7-8-11(12)13/h3-7H,2H2,1H3/q-1. The molecule has 4 heteroatoms. The molecule has 4 nitrogen and oxygen atoms in total. The van der Waals surface area contributed by atoms with Crippen molar-refractivity contribution in [1.82, 2.24) is 0 Å². The maximum Gasteiger partial charge on any atom is 0.121 e. The molecule has 0 saturated carbocycles. The molecule has 0 spiro atoms. The lowest BCUT2D eigenvalue weighted by Gasteiger charge is -2.05. The molecule has 0 N–H and O–H groups in total. The molecule has 1 aromatic rings. The normalized spacial score (nSPS) is 10.4. The molecule has 0 heterocycles. The van der Waals surface area contributed by atoms with Gasteiger partial charge in [0.15, 0.2) is 0 Å². The SMILES string of the molecule is CCOc1ccc(C=[C-][N+](=O)[O-])cc1. The zero-order valence-corrected chi connectivity index (χ0v) is 7.77. The Morgan fingerprint density at radius 3 is 2.64 bits per heavy atom. The second-order valence-corrected chi connectivity index (χ2v) is 2.53. The van der Waals surface area contributed by atoms with Gasteiger partial charge in [-0.3, -0.25) is 10.1 Å². The fraction of sp³-hybridized carbons (Fsp3) is 0.200. The molecular weight excluding hydrogens is 182 g/mol. The number of benzene rings is 1. The van der Waals surface area contributed by atoms with Gasteiger partial charge in [0, 0.05) is 0 Å². The maximum absolute atomic E-state index is 9.98. The van der Waals surface area contributed by atoms with Crippen LogP contribution in [0.25, 0.3) is 6.08 Å². The molecule has 0 aromatic heterocycles. The van der Waals surface area contributed by atoms with Crippen molar-refractivity contribution in [2.24, 2.45) is 0 Å². The highest BCUT2D eigenvalue weighted by atomic mass is 16.6. The first-order chi connectivity index (χ1) is 6.72. The third-order valence-corrected chi connectivity index (χ3v) is 1.53. The summed E-state index contributed by atoms with van der Waals surface area (Å²) in [7, 11) is 0. The van der Waals surface area contributed by atoms with Crippen LogP contribution in [0.15, 0.2) is 24.3 Å². The topological polar surface area (TPSA) is 52.4 Å². The largest absolute Gasteiger partial charge is 0.494 e. The Bertz CT molecular complexity index is 330. The quantitative estimate of drug-likeness (QED) is 0.318. The predicted molar refractivity (Wildman–Crippen MR) is 52.3 cm³/mol. The summed E-state index contributed by atoms with van der Waals surface area (Å²) in [5, 5.41) is 9.98. The molecular formula is C10H10NO3-. The minimum Gasteiger partial charge on any atom is -0.494 e. The molecule has 1 rings (SSSR count). The summed E-state index contributed by atoms with van der Waals surface area (Å²) < 4.78 is 5.22. The zero-order chi connectivity index (χ0) is 10.4. The van der Waals surface area contributed by atoms with Gasteiger partial charge in [-0.25, -0.2) is 0 Å². The Morgan fingerprint density at radius 2 is 2.14 bits per heavy atom. The van der Waals surface area contributed by atoms with Crippen LogP contribution in [-0.4, -0.2) is 11.5 Å². The molecule has 0 fully saturated rings. The lowest BCUT2D eigenvalue weighted by Crippen LogP contribution is -1.90. The summed E-state index contributed by atoms with van der Waals surface area (Å²) in [4.78, 5) is 9.37. The molecule has 0 aliphatic heterocycles. The summed E-state index contributed by atoms with van der Waals surface area (Å²) in [6.45, 7) is 2.50. The monoisotopic (exact) mass is 192 g/mol. The van der Waals surface area contributed by atoms with Crippen molar-refractivity contribution >= 4 is 6.08 Å². The average molecular weight is 192 g/mol. The molecule has 1 aromatic carbocycles. The van der Waals surface area contributed by atoms with E-state index in [0.717, 1.165) is 11.3 Å². The van der Waals surface area contributed by atoms with Crippen molar-refractivity contribution in [3.05, 3.63) is 46.1 Å². The van der Waals surface area contributed by atoms with E-state index in [1.165, 1.54) is 6.08 Å². The van der Waals surface area contributed by atoms with E-state index in [9.17, 15) is 10.1 Å². The second-order valence-electron chi connectivity index (χ2n) is 2.53. The summed E-state index contributed by atoms with van der Waals surface area (Å²) in [6.07, 6.45) is 3.28. The van der Waals surface area contributed by atoms with Crippen LogP contribution in [0.1, 0.15) is 12.5 Å². The Morgan fingerprint density at radius 1 is 1.50 bits per heavy atom. The van der Waals surface area contributed by atoms with Crippen LogP contribution >= 0.6 is 0 Å². The minimum absolute atomic E-state index is 0.607. The fourth-order valence-corrected chi connectivity index (χ4v) is 0.954. The minimum atomic E-state index is -0.615. The Hall–Kier alpha value is -1.84.